The molecule has 2 aromatic carbocycles. The summed E-state index contributed by atoms with van der Waals surface area (Å²) in [5.41, 5.74) is 4.57. The molecule has 0 saturated carbocycles. The molecular formula is C28H40O2. The molecule has 0 saturated heterocycles. The fourth-order valence-corrected chi connectivity index (χ4v) is 2.82. The van der Waals surface area contributed by atoms with Gasteiger partial charge in [-0.15, -0.1) is 0 Å². The molecule has 2 aromatic rings. The quantitative estimate of drug-likeness (QED) is 0.517. The Bertz CT molecular complexity index is 769. The van der Waals surface area contributed by atoms with Crippen LogP contribution in [0.4, 0.5) is 0 Å². The Labute approximate surface area is 184 Å². The van der Waals surface area contributed by atoms with Crippen molar-refractivity contribution in [1.29, 1.82) is 0 Å². The third kappa shape index (κ3) is 7.11. The fourth-order valence-electron chi connectivity index (χ4n) is 2.82. The second kappa shape index (κ2) is 16.9. The van der Waals surface area contributed by atoms with Gasteiger partial charge in [-0.3, -0.25) is 0 Å². The summed E-state index contributed by atoms with van der Waals surface area (Å²) in [6.07, 6.45) is 11.1. The molecule has 0 atom stereocenters. The molecule has 0 radical (unpaired) electrons. The van der Waals surface area contributed by atoms with E-state index in [1.54, 1.807) is 24.3 Å². The van der Waals surface area contributed by atoms with Crippen molar-refractivity contribution in [1.82, 2.24) is 0 Å². The van der Waals surface area contributed by atoms with Gasteiger partial charge in [0.1, 0.15) is 11.5 Å². The van der Waals surface area contributed by atoms with Gasteiger partial charge in [-0.25, -0.2) is 0 Å². The first-order valence-electron chi connectivity index (χ1n) is 10.8. The average molecular weight is 409 g/mol. The van der Waals surface area contributed by atoms with Crippen molar-refractivity contribution in [2.45, 2.75) is 55.4 Å². The van der Waals surface area contributed by atoms with Crippen LogP contribution < -0.4 is 0 Å². The smallest absolute Gasteiger partial charge is 0.124 e. The molecule has 2 heteroatoms. The van der Waals surface area contributed by atoms with Crippen LogP contribution in [-0.4, -0.2) is 10.2 Å². The van der Waals surface area contributed by atoms with E-state index in [0.29, 0.717) is 11.1 Å². The van der Waals surface area contributed by atoms with Crippen molar-refractivity contribution in [2.75, 3.05) is 0 Å². The molecule has 0 aliphatic rings. The monoisotopic (exact) mass is 408 g/mol. The van der Waals surface area contributed by atoms with Gasteiger partial charge in [-0.2, -0.15) is 0 Å². The second-order valence-electron chi connectivity index (χ2n) is 5.33. The van der Waals surface area contributed by atoms with Crippen LogP contribution in [-0.2, 0) is 0 Å². The zero-order chi connectivity index (χ0) is 23.7. The predicted octanol–water partition coefficient (Wildman–Crippen LogP) is 9.20. The van der Waals surface area contributed by atoms with Gasteiger partial charge in [0.05, 0.1) is 0 Å². The summed E-state index contributed by atoms with van der Waals surface area (Å²) in [6.45, 7) is 23.5. The van der Waals surface area contributed by atoms with Gasteiger partial charge in [0.15, 0.2) is 0 Å². The SMILES string of the molecule is C=Cc1ccc(O)c(-c2c(O)ccc(C=C)c2/C=C\C)c1/C=C\C.CC.CC.CC. The fraction of sp³-hybridized carbons (Fsp3) is 0.286. The minimum atomic E-state index is 0.107. The molecule has 0 spiro atoms. The van der Waals surface area contributed by atoms with E-state index in [9.17, 15) is 10.2 Å². The maximum atomic E-state index is 10.5. The Morgan fingerprint density at radius 2 is 0.900 bits per heavy atom. The van der Waals surface area contributed by atoms with Crippen LogP contribution in [0.1, 0.15) is 77.6 Å². The van der Waals surface area contributed by atoms with Gasteiger partial charge in [-0.1, -0.05) is 103 Å². The van der Waals surface area contributed by atoms with Gasteiger partial charge >= 0.3 is 0 Å². The van der Waals surface area contributed by atoms with E-state index in [1.165, 1.54) is 0 Å². The summed E-state index contributed by atoms with van der Waals surface area (Å²) in [4.78, 5) is 0. The highest BCUT2D eigenvalue weighted by atomic mass is 16.3. The molecule has 0 unspecified atom stereocenters. The van der Waals surface area contributed by atoms with Crippen molar-refractivity contribution in [2.24, 2.45) is 0 Å². The first-order valence-corrected chi connectivity index (χ1v) is 10.8. The van der Waals surface area contributed by atoms with Crippen molar-refractivity contribution in [3.63, 3.8) is 0 Å². The van der Waals surface area contributed by atoms with Crippen LogP contribution in [0.15, 0.2) is 49.6 Å². The van der Waals surface area contributed by atoms with Crippen LogP contribution in [0.3, 0.4) is 0 Å². The van der Waals surface area contributed by atoms with E-state index in [-0.39, 0.29) is 11.5 Å². The number of phenols is 2. The Morgan fingerprint density at radius 1 is 0.600 bits per heavy atom. The van der Waals surface area contributed by atoms with E-state index >= 15 is 0 Å². The summed E-state index contributed by atoms with van der Waals surface area (Å²) in [5.74, 6) is 0.215. The zero-order valence-corrected chi connectivity index (χ0v) is 20.1. The summed E-state index contributed by atoms with van der Waals surface area (Å²) in [7, 11) is 0. The largest absolute Gasteiger partial charge is 0.507 e. The lowest BCUT2D eigenvalue weighted by molar-refractivity contribution is 0.469. The topological polar surface area (TPSA) is 40.5 Å². The maximum absolute atomic E-state index is 10.5. The number of benzene rings is 2. The number of rotatable bonds is 5. The molecule has 164 valence electrons. The third-order valence-corrected chi connectivity index (χ3v) is 3.87. The molecule has 0 aliphatic heterocycles. The van der Waals surface area contributed by atoms with Gasteiger partial charge < -0.3 is 10.2 Å². The van der Waals surface area contributed by atoms with Gasteiger partial charge in [-0.05, 0) is 48.2 Å². The molecule has 2 rings (SSSR count). The summed E-state index contributed by atoms with van der Waals surface area (Å²) < 4.78 is 0. The van der Waals surface area contributed by atoms with Gasteiger partial charge in [0, 0.05) is 11.1 Å². The Morgan fingerprint density at radius 3 is 1.13 bits per heavy atom. The van der Waals surface area contributed by atoms with Crippen molar-refractivity contribution in [3.05, 3.63) is 71.8 Å². The number of phenolic OH excluding ortho intramolecular Hbond substituents is 2. The highest BCUT2D eigenvalue weighted by molar-refractivity contribution is 5.93. The van der Waals surface area contributed by atoms with Crippen LogP contribution in [0, 0.1) is 0 Å². The highest BCUT2D eigenvalue weighted by Gasteiger charge is 2.19. The Hall–Kier alpha value is -3.00. The minimum absolute atomic E-state index is 0.107. The van der Waals surface area contributed by atoms with Crippen LogP contribution in [0.5, 0.6) is 11.5 Å². The van der Waals surface area contributed by atoms with Crippen molar-refractivity contribution >= 4 is 24.3 Å². The van der Waals surface area contributed by atoms with E-state index in [2.05, 4.69) is 13.2 Å². The molecule has 0 aromatic heterocycles. The molecule has 2 nitrogen and oxygen atoms in total. The predicted molar refractivity (Wildman–Crippen MR) is 139 cm³/mol. The lowest BCUT2D eigenvalue weighted by Crippen LogP contribution is -1.94. The van der Waals surface area contributed by atoms with Crippen molar-refractivity contribution in [3.8, 4) is 22.6 Å². The first-order chi connectivity index (χ1) is 14.6. The van der Waals surface area contributed by atoms with Gasteiger partial charge in [0.2, 0.25) is 0 Å². The molecule has 0 fully saturated rings. The zero-order valence-electron chi connectivity index (χ0n) is 20.1. The Balaban J connectivity index is 0. The normalized spacial score (nSPS) is 9.60. The maximum Gasteiger partial charge on any atom is 0.124 e. The van der Waals surface area contributed by atoms with Gasteiger partial charge in [0.25, 0.3) is 0 Å². The summed E-state index contributed by atoms with van der Waals surface area (Å²) in [6, 6.07) is 6.87. The Kier molecular flexibility index (Phi) is 16.5. The molecule has 0 bridgehead atoms. The number of hydrogen-bond donors (Lipinski definition) is 2. The first kappa shape index (κ1) is 29.2. The molecule has 0 heterocycles. The van der Waals surface area contributed by atoms with Crippen LogP contribution >= 0.6 is 0 Å². The lowest BCUT2D eigenvalue weighted by Gasteiger charge is -2.17. The molecular weight excluding hydrogens is 368 g/mol. The van der Waals surface area contributed by atoms with E-state index in [1.807, 2.05) is 91.8 Å². The van der Waals surface area contributed by atoms with E-state index < -0.39 is 0 Å². The molecule has 0 amide bonds. The lowest BCUT2D eigenvalue weighted by atomic mass is 9.88. The second-order valence-corrected chi connectivity index (χ2v) is 5.33. The molecule has 2 N–H and O–H groups in total. The standard InChI is InChI=1S/C22H22O2.3C2H6/c1-5-9-17-15(7-3)11-13-19(23)21(17)22-18(10-6-2)16(8-4)12-14-20(22)24;3*1-2/h5-14,23-24H,3-4H2,1-2H3;3*1-2H3/b9-5-,10-6-;;;. The molecule has 30 heavy (non-hydrogen) atoms. The van der Waals surface area contributed by atoms with Crippen LogP contribution in [0.25, 0.3) is 35.4 Å². The average Bonchev–Trinajstić information content (AvgIpc) is 2.80. The third-order valence-electron chi connectivity index (χ3n) is 3.87. The molecule has 0 aliphatic carbocycles. The number of aromatic hydroxyl groups is 2. The highest BCUT2D eigenvalue weighted by Crippen LogP contribution is 2.44. The number of allylic oxidation sites excluding steroid dienone is 2. The van der Waals surface area contributed by atoms with E-state index in [0.717, 1.165) is 22.3 Å². The summed E-state index contributed by atoms with van der Waals surface area (Å²) >= 11 is 0. The summed E-state index contributed by atoms with van der Waals surface area (Å²) in [5, 5.41) is 21.1. The van der Waals surface area contributed by atoms with E-state index in [4.69, 9.17) is 0 Å². The van der Waals surface area contributed by atoms with Crippen LogP contribution in [0.2, 0.25) is 0 Å². The number of hydrogen-bond acceptors (Lipinski definition) is 2. The van der Waals surface area contributed by atoms with Crippen molar-refractivity contribution < 1.29 is 10.2 Å². The minimum Gasteiger partial charge on any atom is -0.507 e.